The van der Waals surface area contributed by atoms with Gasteiger partial charge in [-0.25, -0.2) is 14.8 Å². The zero-order chi connectivity index (χ0) is 28.5. The molecule has 3 rings (SSSR count). The van der Waals surface area contributed by atoms with Crippen LogP contribution in [0, 0.1) is 6.92 Å². The highest BCUT2D eigenvalue weighted by molar-refractivity contribution is 5.78. The highest BCUT2D eigenvalue weighted by Gasteiger charge is 2.51. The van der Waals surface area contributed by atoms with E-state index >= 15 is 0 Å². The molecule has 2 heterocycles. The van der Waals surface area contributed by atoms with Crippen LogP contribution >= 0.6 is 0 Å². The lowest BCUT2D eigenvalue weighted by molar-refractivity contribution is -0.258. The summed E-state index contributed by atoms with van der Waals surface area (Å²) in [5, 5.41) is 17.2. The number of anilines is 1. The van der Waals surface area contributed by atoms with Crippen LogP contribution in [0.25, 0.3) is 16.9 Å². The Labute approximate surface area is 206 Å². The highest BCUT2D eigenvalue weighted by Crippen LogP contribution is 2.40. The summed E-state index contributed by atoms with van der Waals surface area (Å²) in [6, 6.07) is 4.03. The van der Waals surface area contributed by atoms with E-state index in [1.165, 1.54) is 29.3 Å². The second-order valence-electron chi connectivity index (χ2n) is 8.32. The molecule has 0 fully saturated rings. The van der Waals surface area contributed by atoms with Crippen LogP contribution in [0.3, 0.4) is 0 Å². The van der Waals surface area contributed by atoms with Crippen LogP contribution in [0.5, 0.6) is 0 Å². The van der Waals surface area contributed by atoms with E-state index in [1.54, 1.807) is 31.6 Å². The number of imidazole rings is 1. The number of halogens is 6. The van der Waals surface area contributed by atoms with Gasteiger partial charge in [0, 0.05) is 25.9 Å². The maximum atomic E-state index is 13.3. The van der Waals surface area contributed by atoms with Crippen LogP contribution in [-0.4, -0.2) is 67.8 Å². The minimum atomic E-state index is -5.08. The molecule has 0 aliphatic carbocycles. The molecule has 2 aromatic heterocycles. The first-order valence-corrected chi connectivity index (χ1v) is 10.3. The van der Waals surface area contributed by atoms with E-state index in [0.717, 1.165) is 0 Å². The topological polar surface area (TPSA) is 134 Å². The first kappa shape index (κ1) is 29.4. The minimum absolute atomic E-state index is 0.00651. The largest absolute Gasteiger partial charge is 0.490 e. The van der Waals surface area contributed by atoms with Crippen molar-refractivity contribution in [1.82, 2.24) is 19.3 Å². The summed E-state index contributed by atoms with van der Waals surface area (Å²) >= 11 is 0. The molecule has 37 heavy (non-hydrogen) atoms. The quantitative estimate of drug-likeness (QED) is 0.437. The van der Waals surface area contributed by atoms with Gasteiger partial charge in [-0.1, -0.05) is 12.1 Å². The predicted octanol–water partition coefficient (Wildman–Crippen LogP) is 3.32. The second-order valence-corrected chi connectivity index (χ2v) is 8.32. The van der Waals surface area contributed by atoms with Crippen LogP contribution < -0.4 is 5.73 Å². The third-order valence-corrected chi connectivity index (χ3v) is 5.27. The number of carboxylic acids is 1. The molecule has 15 heteroatoms. The predicted molar refractivity (Wildman–Crippen MR) is 119 cm³/mol. The van der Waals surface area contributed by atoms with Crippen LogP contribution in [0.1, 0.15) is 23.7 Å². The standard InChI is InChI=1S/C20H22F3N5O2.C2HF3O2/c1-11-5-6-12(19(2,30)20(21,22)23)7-14(11)15-9-25-18-17(24)26-13(10-28(15)18)8-16(29)27(3)4;3-2(4,5)1(6)7/h5-7,9-10,30H,8H2,1-4H3,(H2,24,26);(H,6,7). The number of aromatic nitrogens is 3. The lowest BCUT2D eigenvalue weighted by Gasteiger charge is -2.27. The monoisotopic (exact) mass is 535 g/mol. The van der Waals surface area contributed by atoms with Gasteiger partial charge in [0.05, 0.1) is 24.0 Å². The molecule has 1 unspecified atom stereocenters. The third kappa shape index (κ3) is 6.47. The number of aliphatic hydroxyl groups is 1. The van der Waals surface area contributed by atoms with Crippen LogP contribution in [-0.2, 0) is 21.6 Å². The van der Waals surface area contributed by atoms with E-state index in [1.807, 2.05) is 0 Å². The van der Waals surface area contributed by atoms with Crippen molar-refractivity contribution in [3.8, 4) is 11.3 Å². The van der Waals surface area contributed by atoms with Crippen LogP contribution in [0.15, 0.2) is 30.6 Å². The number of carbonyl (C=O) groups excluding carboxylic acids is 1. The number of nitrogens with two attached hydrogens (primary N) is 1. The number of rotatable bonds is 4. The summed E-state index contributed by atoms with van der Waals surface area (Å²) in [6.45, 7) is 2.45. The van der Waals surface area contributed by atoms with Crippen molar-refractivity contribution in [2.75, 3.05) is 19.8 Å². The van der Waals surface area contributed by atoms with E-state index in [4.69, 9.17) is 15.6 Å². The summed E-state index contributed by atoms with van der Waals surface area (Å²) in [5.74, 6) is -2.84. The van der Waals surface area contributed by atoms with Crippen molar-refractivity contribution in [1.29, 1.82) is 0 Å². The van der Waals surface area contributed by atoms with Gasteiger partial charge < -0.3 is 20.8 Å². The number of nitrogens with zero attached hydrogens (tertiary/aromatic N) is 4. The summed E-state index contributed by atoms with van der Waals surface area (Å²) in [6.07, 6.45) is -6.86. The Morgan fingerprint density at radius 2 is 1.70 bits per heavy atom. The number of alkyl halides is 6. The first-order valence-electron chi connectivity index (χ1n) is 10.3. The number of aryl methyl sites for hydroxylation is 1. The minimum Gasteiger partial charge on any atom is -0.475 e. The number of hydrogen-bond donors (Lipinski definition) is 3. The van der Waals surface area contributed by atoms with Crippen LogP contribution in [0.4, 0.5) is 32.2 Å². The molecule has 0 aliphatic heterocycles. The third-order valence-electron chi connectivity index (χ3n) is 5.27. The summed E-state index contributed by atoms with van der Waals surface area (Å²) in [5.41, 5.74) is 4.98. The number of nitrogen functional groups attached to an aromatic ring is 1. The molecule has 0 bridgehead atoms. The van der Waals surface area contributed by atoms with E-state index in [9.17, 15) is 36.2 Å². The van der Waals surface area contributed by atoms with Gasteiger partial charge in [0.2, 0.25) is 5.91 Å². The van der Waals surface area contributed by atoms with Crippen molar-refractivity contribution < 1.29 is 46.1 Å². The number of carboxylic acid groups (broad SMARTS) is 1. The Hall–Kier alpha value is -3.88. The zero-order valence-electron chi connectivity index (χ0n) is 19.9. The molecule has 0 radical (unpaired) electrons. The van der Waals surface area contributed by atoms with Crippen molar-refractivity contribution in [3.63, 3.8) is 0 Å². The van der Waals surface area contributed by atoms with Gasteiger partial charge in [-0.2, -0.15) is 26.3 Å². The fourth-order valence-electron chi connectivity index (χ4n) is 3.03. The Morgan fingerprint density at radius 1 is 1.14 bits per heavy atom. The van der Waals surface area contributed by atoms with E-state index in [2.05, 4.69) is 9.97 Å². The van der Waals surface area contributed by atoms with Crippen molar-refractivity contribution >= 4 is 23.3 Å². The Bertz CT molecular complexity index is 1320. The molecule has 0 aliphatic rings. The molecule has 0 saturated carbocycles. The molecular weight excluding hydrogens is 512 g/mol. The Kier molecular flexibility index (Phi) is 8.12. The average Bonchev–Trinajstić information content (AvgIpc) is 3.17. The fraction of sp³-hybridized carbons (Fsp3) is 0.364. The molecule has 1 amide bonds. The highest BCUT2D eigenvalue weighted by atomic mass is 19.4. The molecule has 4 N–H and O–H groups in total. The Morgan fingerprint density at radius 3 is 2.19 bits per heavy atom. The van der Waals surface area contributed by atoms with Gasteiger partial charge in [0.25, 0.3) is 0 Å². The molecule has 0 saturated heterocycles. The average molecular weight is 535 g/mol. The van der Waals surface area contributed by atoms with Crippen molar-refractivity contribution in [2.45, 2.75) is 38.2 Å². The fourth-order valence-corrected chi connectivity index (χ4v) is 3.03. The van der Waals surface area contributed by atoms with Crippen molar-refractivity contribution in [3.05, 3.63) is 47.4 Å². The lowest BCUT2D eigenvalue weighted by atomic mass is 9.91. The molecule has 9 nitrogen and oxygen atoms in total. The molecular formula is C22H23F6N5O4. The summed E-state index contributed by atoms with van der Waals surface area (Å²) < 4.78 is 73.3. The van der Waals surface area contributed by atoms with Gasteiger partial charge in [-0.05, 0) is 31.0 Å². The number of amides is 1. The summed E-state index contributed by atoms with van der Waals surface area (Å²) in [7, 11) is 3.24. The second kappa shape index (κ2) is 10.2. The van der Waals surface area contributed by atoms with E-state index < -0.39 is 23.9 Å². The van der Waals surface area contributed by atoms with Gasteiger partial charge in [0.15, 0.2) is 17.1 Å². The molecule has 1 atom stereocenters. The van der Waals surface area contributed by atoms with Gasteiger partial charge in [-0.15, -0.1) is 0 Å². The van der Waals surface area contributed by atoms with E-state index in [0.29, 0.717) is 35.1 Å². The molecule has 0 spiro atoms. The van der Waals surface area contributed by atoms with Crippen molar-refractivity contribution in [2.24, 2.45) is 0 Å². The zero-order valence-corrected chi connectivity index (χ0v) is 19.9. The van der Waals surface area contributed by atoms with Crippen LogP contribution in [0.2, 0.25) is 0 Å². The van der Waals surface area contributed by atoms with Gasteiger partial charge >= 0.3 is 18.3 Å². The normalized spacial score (nSPS) is 13.5. The number of benzene rings is 1. The molecule has 1 aromatic carbocycles. The number of hydrogen-bond acceptors (Lipinski definition) is 6. The summed E-state index contributed by atoms with van der Waals surface area (Å²) in [4.78, 5) is 30.8. The maximum Gasteiger partial charge on any atom is 0.490 e. The number of carbonyl (C=O) groups is 2. The number of fused-ring (bicyclic) bond motifs is 1. The molecule has 202 valence electrons. The Balaban J connectivity index is 0.000000604. The molecule has 3 aromatic rings. The maximum absolute atomic E-state index is 13.3. The van der Waals surface area contributed by atoms with Gasteiger partial charge in [-0.3, -0.25) is 9.20 Å². The number of aliphatic carboxylic acids is 1. The number of likely N-dealkylation sites (N-methyl/N-ethyl adjacent to an activating group) is 1. The van der Waals surface area contributed by atoms with E-state index in [-0.39, 0.29) is 23.7 Å². The SMILES string of the molecule is Cc1ccc(C(C)(O)C(F)(F)F)cc1-c1cnc2c(N)nc(CC(=O)N(C)C)cn12.O=C(O)C(F)(F)F. The lowest BCUT2D eigenvalue weighted by Crippen LogP contribution is -2.39. The first-order chi connectivity index (χ1) is 16.8. The smallest absolute Gasteiger partial charge is 0.475 e. The van der Waals surface area contributed by atoms with Gasteiger partial charge in [0.1, 0.15) is 0 Å².